The number of benzene rings is 1. The summed E-state index contributed by atoms with van der Waals surface area (Å²) in [7, 11) is 1.66. The highest BCUT2D eigenvalue weighted by Gasteiger charge is 2.29. The van der Waals surface area contributed by atoms with Crippen LogP contribution in [0.2, 0.25) is 5.02 Å². The highest BCUT2D eigenvalue weighted by atomic mass is 35.5. The molecule has 1 amide bonds. The molecule has 1 aliphatic rings. The van der Waals surface area contributed by atoms with Crippen LogP contribution >= 0.6 is 22.9 Å². The number of nitrogens with zero attached hydrogens (tertiary/aromatic N) is 2. The number of aromatic nitrogens is 1. The van der Waals surface area contributed by atoms with Gasteiger partial charge in [0.05, 0.1) is 21.8 Å². The molecule has 0 radical (unpaired) electrons. The van der Waals surface area contributed by atoms with Crippen molar-refractivity contribution in [3.8, 4) is 0 Å². The smallest absolute Gasteiger partial charge is 0.251 e. The summed E-state index contributed by atoms with van der Waals surface area (Å²) < 4.78 is 8.15. The van der Waals surface area contributed by atoms with Crippen LogP contribution in [0.5, 0.6) is 0 Å². The van der Waals surface area contributed by atoms with E-state index >= 15 is 0 Å². The largest absolute Gasteiger partial charge is 0.383 e. The molecular formula is C14H15ClN2O2S. The lowest BCUT2D eigenvalue weighted by atomic mass is 10.3. The molecule has 0 spiro atoms. The molecule has 1 aliphatic carbocycles. The van der Waals surface area contributed by atoms with Crippen LogP contribution in [0.1, 0.15) is 12.8 Å². The third-order valence-electron chi connectivity index (χ3n) is 3.30. The molecule has 1 aromatic heterocycles. The quantitative estimate of drug-likeness (QED) is 0.871. The van der Waals surface area contributed by atoms with Crippen LogP contribution < -0.4 is 4.80 Å². The monoisotopic (exact) mass is 310 g/mol. The molecule has 1 saturated carbocycles. The Kier molecular flexibility index (Phi) is 3.92. The number of methoxy groups -OCH3 is 1. The molecule has 0 bridgehead atoms. The summed E-state index contributed by atoms with van der Waals surface area (Å²) in [6.45, 7) is 1.19. The number of rotatable bonds is 4. The number of amides is 1. The van der Waals surface area contributed by atoms with E-state index in [1.807, 2.05) is 22.8 Å². The first kappa shape index (κ1) is 13.8. The molecule has 106 valence electrons. The molecule has 1 heterocycles. The number of fused-ring (bicyclic) bond motifs is 1. The van der Waals surface area contributed by atoms with Crippen LogP contribution in [0.4, 0.5) is 0 Å². The highest BCUT2D eigenvalue weighted by molar-refractivity contribution is 7.16. The van der Waals surface area contributed by atoms with Crippen molar-refractivity contribution in [3.05, 3.63) is 28.0 Å². The van der Waals surface area contributed by atoms with Crippen molar-refractivity contribution in [3.63, 3.8) is 0 Å². The maximum atomic E-state index is 11.9. The van der Waals surface area contributed by atoms with Crippen molar-refractivity contribution in [1.29, 1.82) is 0 Å². The van der Waals surface area contributed by atoms with E-state index in [2.05, 4.69) is 4.99 Å². The Hall–Kier alpha value is -1.17. The Labute approximate surface area is 125 Å². The van der Waals surface area contributed by atoms with E-state index in [9.17, 15) is 4.79 Å². The number of hydrogen-bond acceptors (Lipinski definition) is 3. The first-order chi connectivity index (χ1) is 9.70. The highest BCUT2D eigenvalue weighted by Crippen LogP contribution is 2.30. The summed E-state index contributed by atoms with van der Waals surface area (Å²) in [6.07, 6.45) is 1.93. The number of para-hydroxylation sites is 1. The van der Waals surface area contributed by atoms with Crippen LogP contribution in [-0.2, 0) is 16.1 Å². The Morgan fingerprint density at radius 2 is 2.35 bits per heavy atom. The van der Waals surface area contributed by atoms with Gasteiger partial charge in [0, 0.05) is 19.6 Å². The molecule has 4 nitrogen and oxygen atoms in total. The molecule has 1 fully saturated rings. The van der Waals surface area contributed by atoms with Gasteiger partial charge in [-0.15, -0.1) is 0 Å². The molecular weight excluding hydrogens is 296 g/mol. The molecule has 20 heavy (non-hydrogen) atoms. The number of thiazole rings is 1. The maximum absolute atomic E-state index is 11.9. The van der Waals surface area contributed by atoms with Gasteiger partial charge in [-0.25, -0.2) is 0 Å². The minimum atomic E-state index is -0.0150. The second-order valence-electron chi connectivity index (χ2n) is 4.84. The van der Waals surface area contributed by atoms with Gasteiger partial charge >= 0.3 is 0 Å². The second-order valence-corrected chi connectivity index (χ2v) is 6.26. The van der Waals surface area contributed by atoms with Crippen LogP contribution in [0.25, 0.3) is 10.2 Å². The van der Waals surface area contributed by atoms with E-state index in [0.29, 0.717) is 23.0 Å². The molecule has 0 unspecified atom stereocenters. The van der Waals surface area contributed by atoms with Gasteiger partial charge in [0.15, 0.2) is 4.80 Å². The van der Waals surface area contributed by atoms with Crippen LogP contribution in [0, 0.1) is 5.92 Å². The topological polar surface area (TPSA) is 43.6 Å². The molecule has 0 aliphatic heterocycles. The van der Waals surface area contributed by atoms with E-state index in [-0.39, 0.29) is 11.8 Å². The fraction of sp³-hybridized carbons (Fsp3) is 0.429. The van der Waals surface area contributed by atoms with Crippen molar-refractivity contribution >= 4 is 39.1 Å². The van der Waals surface area contributed by atoms with E-state index in [4.69, 9.17) is 16.3 Å². The first-order valence-corrected chi connectivity index (χ1v) is 7.75. The van der Waals surface area contributed by atoms with Gasteiger partial charge in [0.2, 0.25) is 0 Å². The average molecular weight is 311 g/mol. The fourth-order valence-electron chi connectivity index (χ4n) is 2.08. The van der Waals surface area contributed by atoms with Crippen LogP contribution in [-0.4, -0.2) is 24.2 Å². The van der Waals surface area contributed by atoms with E-state index in [1.54, 1.807) is 7.11 Å². The lowest BCUT2D eigenvalue weighted by Gasteiger charge is -2.05. The van der Waals surface area contributed by atoms with Gasteiger partial charge in [-0.05, 0) is 25.0 Å². The number of ether oxygens (including phenoxy) is 1. The fourth-order valence-corrected chi connectivity index (χ4v) is 3.50. The normalized spacial score (nSPS) is 16.0. The summed E-state index contributed by atoms with van der Waals surface area (Å²) in [5.74, 6) is 0.116. The number of hydrogen-bond donors (Lipinski definition) is 0. The summed E-state index contributed by atoms with van der Waals surface area (Å²) in [5, 5.41) is 0.676. The standard InChI is InChI=1S/C14H15ClN2O2S/c1-19-8-7-17-12-10(15)3-2-4-11(12)20-14(17)16-13(18)9-5-6-9/h2-4,9H,5-8H2,1H3. The van der Waals surface area contributed by atoms with E-state index in [1.165, 1.54) is 11.3 Å². The van der Waals surface area contributed by atoms with Crippen LogP contribution in [0.15, 0.2) is 23.2 Å². The van der Waals surface area contributed by atoms with E-state index < -0.39 is 0 Å². The van der Waals surface area contributed by atoms with Crippen molar-refractivity contribution in [2.45, 2.75) is 19.4 Å². The van der Waals surface area contributed by atoms with Crippen molar-refractivity contribution in [1.82, 2.24) is 4.57 Å². The molecule has 1 aromatic carbocycles. The Bertz CT molecular complexity index is 716. The van der Waals surface area contributed by atoms with Gasteiger partial charge in [0.25, 0.3) is 5.91 Å². The van der Waals surface area contributed by atoms with Crippen molar-refractivity contribution in [2.24, 2.45) is 10.9 Å². The zero-order valence-corrected chi connectivity index (χ0v) is 12.7. The zero-order valence-electron chi connectivity index (χ0n) is 11.1. The maximum Gasteiger partial charge on any atom is 0.251 e. The third kappa shape index (κ3) is 2.66. The summed E-state index contributed by atoms with van der Waals surface area (Å²) in [4.78, 5) is 16.9. The van der Waals surface area contributed by atoms with Crippen molar-refractivity contribution in [2.75, 3.05) is 13.7 Å². The molecule has 3 rings (SSSR count). The average Bonchev–Trinajstić information content (AvgIpc) is 3.21. The van der Waals surface area contributed by atoms with Gasteiger partial charge in [-0.2, -0.15) is 4.99 Å². The third-order valence-corrected chi connectivity index (χ3v) is 4.65. The second kappa shape index (κ2) is 5.68. The van der Waals surface area contributed by atoms with Crippen LogP contribution in [0.3, 0.4) is 0 Å². The summed E-state index contributed by atoms with van der Waals surface area (Å²) >= 11 is 7.78. The molecule has 0 saturated heterocycles. The predicted molar refractivity (Wildman–Crippen MR) is 80.0 cm³/mol. The lowest BCUT2D eigenvalue weighted by Crippen LogP contribution is -2.19. The minimum Gasteiger partial charge on any atom is -0.383 e. The summed E-state index contributed by atoms with van der Waals surface area (Å²) in [6, 6.07) is 5.76. The Morgan fingerprint density at radius 3 is 3.05 bits per heavy atom. The molecule has 0 N–H and O–H groups in total. The SMILES string of the molecule is COCCn1c(=NC(=O)C2CC2)sc2cccc(Cl)c21. The molecule has 2 aromatic rings. The van der Waals surface area contributed by atoms with Gasteiger partial charge in [0.1, 0.15) is 0 Å². The zero-order chi connectivity index (χ0) is 14.1. The van der Waals surface area contributed by atoms with Gasteiger partial charge < -0.3 is 9.30 Å². The number of halogens is 1. The van der Waals surface area contributed by atoms with Gasteiger partial charge in [-0.3, -0.25) is 4.79 Å². The summed E-state index contributed by atoms with van der Waals surface area (Å²) in [5.41, 5.74) is 0.929. The Balaban J connectivity index is 2.14. The van der Waals surface area contributed by atoms with Crippen molar-refractivity contribution < 1.29 is 9.53 Å². The predicted octanol–water partition coefficient (Wildman–Crippen LogP) is 2.84. The van der Waals surface area contributed by atoms with Gasteiger partial charge in [-0.1, -0.05) is 29.0 Å². The lowest BCUT2D eigenvalue weighted by molar-refractivity contribution is -0.119. The Morgan fingerprint density at radius 1 is 1.55 bits per heavy atom. The van der Waals surface area contributed by atoms with E-state index in [0.717, 1.165) is 23.1 Å². The molecule has 0 atom stereocenters. The molecule has 6 heteroatoms. The first-order valence-electron chi connectivity index (χ1n) is 6.56. The number of carbonyl (C=O) groups excluding carboxylic acids is 1. The minimum absolute atomic E-state index is 0.0150. The number of carbonyl (C=O) groups is 1.